The summed E-state index contributed by atoms with van der Waals surface area (Å²) in [6.07, 6.45) is 3.43. The number of rotatable bonds is 3. The third-order valence-corrected chi connectivity index (χ3v) is 2.68. The Morgan fingerprint density at radius 1 is 1.38 bits per heavy atom. The van der Waals surface area contributed by atoms with Crippen LogP contribution in [-0.2, 0) is 0 Å². The molecule has 2 aromatic rings. The first-order valence-electron chi connectivity index (χ1n) is 4.97. The monoisotopic (exact) mass is 234 g/mol. The van der Waals surface area contributed by atoms with Gasteiger partial charge in [-0.3, -0.25) is 9.48 Å². The number of aromatic nitrogens is 2. The standard InChI is InChI=1S/C12H11ClN2O/c1-9(15-8-2-7-14-15)12(16)10-3-5-11(13)6-4-10/h2-9H,1H3. The smallest absolute Gasteiger partial charge is 0.187 e. The van der Waals surface area contributed by atoms with Crippen molar-refractivity contribution in [1.29, 1.82) is 0 Å². The van der Waals surface area contributed by atoms with Gasteiger partial charge in [0.25, 0.3) is 0 Å². The average Bonchev–Trinajstić information content (AvgIpc) is 2.81. The van der Waals surface area contributed by atoms with Crippen molar-refractivity contribution in [1.82, 2.24) is 9.78 Å². The predicted octanol–water partition coefficient (Wildman–Crippen LogP) is 2.98. The van der Waals surface area contributed by atoms with Gasteiger partial charge < -0.3 is 0 Å². The molecule has 0 aliphatic heterocycles. The molecule has 1 atom stereocenters. The Morgan fingerprint density at radius 2 is 2.06 bits per heavy atom. The highest BCUT2D eigenvalue weighted by Crippen LogP contribution is 2.15. The SMILES string of the molecule is CC(C(=O)c1ccc(Cl)cc1)n1cccn1. The Balaban J connectivity index is 2.22. The van der Waals surface area contributed by atoms with E-state index in [1.807, 2.05) is 6.92 Å². The van der Waals surface area contributed by atoms with E-state index in [4.69, 9.17) is 11.6 Å². The van der Waals surface area contributed by atoms with Crippen LogP contribution in [0.5, 0.6) is 0 Å². The molecule has 0 aliphatic rings. The molecule has 3 nitrogen and oxygen atoms in total. The van der Waals surface area contributed by atoms with Gasteiger partial charge >= 0.3 is 0 Å². The minimum Gasteiger partial charge on any atom is -0.292 e. The molecule has 1 heterocycles. The van der Waals surface area contributed by atoms with Crippen LogP contribution >= 0.6 is 11.6 Å². The summed E-state index contributed by atoms with van der Waals surface area (Å²) in [5.41, 5.74) is 0.646. The molecule has 0 bridgehead atoms. The first-order valence-corrected chi connectivity index (χ1v) is 5.35. The summed E-state index contributed by atoms with van der Waals surface area (Å²) in [7, 11) is 0. The van der Waals surface area contributed by atoms with Gasteiger partial charge in [0.1, 0.15) is 6.04 Å². The maximum Gasteiger partial charge on any atom is 0.187 e. The number of hydrogen-bond acceptors (Lipinski definition) is 2. The second-order valence-corrected chi connectivity index (χ2v) is 3.97. The molecule has 0 N–H and O–H groups in total. The third kappa shape index (κ3) is 2.14. The minimum atomic E-state index is -0.295. The van der Waals surface area contributed by atoms with E-state index in [0.29, 0.717) is 10.6 Å². The van der Waals surface area contributed by atoms with Crippen LogP contribution in [0.25, 0.3) is 0 Å². The van der Waals surface area contributed by atoms with Gasteiger partial charge in [0.05, 0.1) is 0 Å². The van der Waals surface area contributed by atoms with Crippen LogP contribution in [-0.4, -0.2) is 15.6 Å². The molecule has 1 unspecified atom stereocenters. The van der Waals surface area contributed by atoms with Gasteiger partial charge in [0.2, 0.25) is 0 Å². The summed E-state index contributed by atoms with van der Waals surface area (Å²) >= 11 is 5.77. The van der Waals surface area contributed by atoms with Crippen LogP contribution in [0.15, 0.2) is 42.7 Å². The van der Waals surface area contributed by atoms with E-state index in [2.05, 4.69) is 5.10 Å². The normalized spacial score (nSPS) is 12.4. The summed E-state index contributed by atoms with van der Waals surface area (Å²) in [5.74, 6) is 0.0281. The van der Waals surface area contributed by atoms with Crippen LogP contribution in [0, 0.1) is 0 Å². The molecule has 0 fully saturated rings. The van der Waals surface area contributed by atoms with E-state index in [1.165, 1.54) is 0 Å². The molecular formula is C12H11ClN2O. The van der Waals surface area contributed by atoms with Crippen molar-refractivity contribution in [3.05, 3.63) is 53.3 Å². The summed E-state index contributed by atoms with van der Waals surface area (Å²) in [4.78, 5) is 12.1. The molecular weight excluding hydrogens is 224 g/mol. The van der Waals surface area contributed by atoms with Gasteiger partial charge in [0.15, 0.2) is 5.78 Å². The largest absolute Gasteiger partial charge is 0.292 e. The van der Waals surface area contributed by atoms with E-state index in [-0.39, 0.29) is 11.8 Å². The summed E-state index contributed by atoms with van der Waals surface area (Å²) in [6.45, 7) is 1.82. The van der Waals surface area contributed by atoms with Crippen molar-refractivity contribution in [3.8, 4) is 0 Å². The second-order valence-electron chi connectivity index (χ2n) is 3.53. The van der Waals surface area contributed by atoms with E-state index in [1.54, 1.807) is 47.4 Å². The maximum absolute atomic E-state index is 12.1. The highest BCUT2D eigenvalue weighted by molar-refractivity contribution is 6.30. The van der Waals surface area contributed by atoms with Gasteiger partial charge in [-0.25, -0.2) is 0 Å². The molecule has 1 aromatic heterocycles. The average molecular weight is 235 g/mol. The number of carbonyl (C=O) groups is 1. The molecule has 0 spiro atoms. The van der Waals surface area contributed by atoms with E-state index in [9.17, 15) is 4.79 Å². The fraction of sp³-hybridized carbons (Fsp3) is 0.167. The Hall–Kier alpha value is -1.61. The third-order valence-electron chi connectivity index (χ3n) is 2.43. The van der Waals surface area contributed by atoms with Gasteiger partial charge in [-0.05, 0) is 37.3 Å². The van der Waals surface area contributed by atoms with Crippen molar-refractivity contribution in [2.24, 2.45) is 0 Å². The van der Waals surface area contributed by atoms with Crippen LogP contribution < -0.4 is 0 Å². The van der Waals surface area contributed by atoms with Gasteiger partial charge in [0, 0.05) is 23.0 Å². The Labute approximate surface area is 98.7 Å². The first kappa shape index (κ1) is 10.9. The van der Waals surface area contributed by atoms with Crippen LogP contribution in [0.1, 0.15) is 23.3 Å². The Morgan fingerprint density at radius 3 is 2.62 bits per heavy atom. The van der Waals surface area contributed by atoms with Crippen LogP contribution in [0.2, 0.25) is 5.02 Å². The number of halogens is 1. The van der Waals surface area contributed by atoms with Crippen molar-refractivity contribution >= 4 is 17.4 Å². The number of Topliss-reactive ketones (excluding diaryl/α,β-unsaturated/α-hetero) is 1. The molecule has 82 valence electrons. The lowest BCUT2D eigenvalue weighted by atomic mass is 10.1. The zero-order valence-corrected chi connectivity index (χ0v) is 9.56. The van der Waals surface area contributed by atoms with Crippen molar-refractivity contribution < 1.29 is 4.79 Å². The second kappa shape index (κ2) is 4.49. The van der Waals surface area contributed by atoms with Gasteiger partial charge in [-0.1, -0.05) is 11.6 Å². The highest BCUT2D eigenvalue weighted by Gasteiger charge is 2.16. The Bertz CT molecular complexity index is 476. The molecule has 0 saturated heterocycles. The van der Waals surface area contributed by atoms with Crippen molar-refractivity contribution in [3.63, 3.8) is 0 Å². The lowest BCUT2D eigenvalue weighted by Gasteiger charge is -2.10. The highest BCUT2D eigenvalue weighted by atomic mass is 35.5. The lowest BCUT2D eigenvalue weighted by Crippen LogP contribution is -2.16. The number of benzene rings is 1. The van der Waals surface area contributed by atoms with Gasteiger partial charge in [-0.15, -0.1) is 0 Å². The fourth-order valence-electron chi connectivity index (χ4n) is 1.49. The van der Waals surface area contributed by atoms with E-state index >= 15 is 0 Å². The van der Waals surface area contributed by atoms with Gasteiger partial charge in [-0.2, -0.15) is 5.10 Å². The Kier molecular flexibility index (Phi) is 3.06. The van der Waals surface area contributed by atoms with Crippen LogP contribution in [0.4, 0.5) is 0 Å². The molecule has 16 heavy (non-hydrogen) atoms. The fourth-order valence-corrected chi connectivity index (χ4v) is 1.61. The summed E-state index contributed by atoms with van der Waals surface area (Å²) in [5, 5.41) is 4.68. The zero-order chi connectivity index (χ0) is 11.5. The lowest BCUT2D eigenvalue weighted by molar-refractivity contribution is 0.0928. The number of ketones is 1. The van der Waals surface area contributed by atoms with Crippen molar-refractivity contribution in [2.45, 2.75) is 13.0 Å². The number of nitrogens with zero attached hydrogens (tertiary/aromatic N) is 2. The number of carbonyl (C=O) groups excluding carboxylic acids is 1. The first-order chi connectivity index (χ1) is 7.68. The minimum absolute atomic E-state index is 0.0281. The summed E-state index contributed by atoms with van der Waals surface area (Å²) in [6, 6.07) is 8.38. The topological polar surface area (TPSA) is 34.9 Å². The van der Waals surface area contributed by atoms with Crippen molar-refractivity contribution in [2.75, 3.05) is 0 Å². The zero-order valence-electron chi connectivity index (χ0n) is 8.80. The predicted molar refractivity (Wildman–Crippen MR) is 62.7 cm³/mol. The van der Waals surface area contributed by atoms with Crippen LogP contribution in [0.3, 0.4) is 0 Å². The number of hydrogen-bond donors (Lipinski definition) is 0. The quantitative estimate of drug-likeness (QED) is 0.766. The molecule has 2 rings (SSSR count). The molecule has 1 aromatic carbocycles. The summed E-state index contributed by atoms with van der Waals surface area (Å²) < 4.78 is 1.64. The molecule has 0 aliphatic carbocycles. The van der Waals surface area contributed by atoms with E-state index < -0.39 is 0 Å². The van der Waals surface area contributed by atoms with E-state index in [0.717, 1.165) is 0 Å². The maximum atomic E-state index is 12.1. The molecule has 0 radical (unpaired) electrons. The molecule has 0 saturated carbocycles. The molecule has 0 amide bonds. The molecule has 4 heteroatoms.